The van der Waals surface area contributed by atoms with Crippen LogP contribution in [0.4, 0.5) is 5.69 Å². The quantitative estimate of drug-likeness (QED) is 0.774. The third kappa shape index (κ3) is 3.70. The molecule has 0 amide bonds. The van der Waals surface area contributed by atoms with Gasteiger partial charge in [0, 0.05) is 23.8 Å². The van der Waals surface area contributed by atoms with Crippen LogP contribution >= 0.6 is 15.9 Å². The number of halogens is 1. The lowest BCUT2D eigenvalue weighted by molar-refractivity contribution is 0.419. The van der Waals surface area contributed by atoms with E-state index in [0.717, 1.165) is 11.0 Å². The lowest BCUT2D eigenvalue weighted by Crippen LogP contribution is -2.28. The molecule has 0 radical (unpaired) electrons. The molecule has 0 aromatic heterocycles. The second-order valence-electron chi connectivity index (χ2n) is 4.89. The largest absolute Gasteiger partial charge is 0.374 e. The van der Waals surface area contributed by atoms with Gasteiger partial charge >= 0.3 is 0 Å². The van der Waals surface area contributed by atoms with Crippen LogP contribution in [-0.4, -0.2) is 13.6 Å². The summed E-state index contributed by atoms with van der Waals surface area (Å²) in [5, 5.41) is 0. The van der Waals surface area contributed by atoms with Crippen molar-refractivity contribution in [1.29, 1.82) is 0 Å². The molecular weight excluding hydrogens is 238 g/mol. The van der Waals surface area contributed by atoms with Gasteiger partial charge in [0.1, 0.15) is 0 Å². The fourth-order valence-electron chi connectivity index (χ4n) is 1.50. The summed E-state index contributed by atoms with van der Waals surface area (Å²) in [5.74, 6) is 0. The van der Waals surface area contributed by atoms with E-state index < -0.39 is 0 Å². The lowest BCUT2D eigenvalue weighted by atomic mass is 9.96. The molecule has 0 saturated carbocycles. The Bertz CT molecular complexity index is 284. The highest BCUT2D eigenvalue weighted by molar-refractivity contribution is 9.10. The summed E-state index contributed by atoms with van der Waals surface area (Å²) in [6.45, 7) is 7.82. The van der Waals surface area contributed by atoms with Crippen molar-refractivity contribution in [2.45, 2.75) is 20.8 Å². The van der Waals surface area contributed by atoms with Crippen LogP contribution in [-0.2, 0) is 0 Å². The van der Waals surface area contributed by atoms with Crippen LogP contribution in [0.25, 0.3) is 0 Å². The maximum atomic E-state index is 3.44. The number of rotatable bonds is 2. The van der Waals surface area contributed by atoms with Gasteiger partial charge in [0.15, 0.2) is 0 Å². The Kier molecular flexibility index (Phi) is 3.59. The zero-order valence-corrected chi connectivity index (χ0v) is 10.9. The summed E-state index contributed by atoms with van der Waals surface area (Å²) in [5.41, 5.74) is 1.60. The first-order chi connectivity index (χ1) is 6.38. The van der Waals surface area contributed by atoms with Gasteiger partial charge in [0.2, 0.25) is 0 Å². The van der Waals surface area contributed by atoms with E-state index in [9.17, 15) is 0 Å². The maximum Gasteiger partial charge on any atom is 0.0364 e. The van der Waals surface area contributed by atoms with Gasteiger partial charge in [-0.15, -0.1) is 0 Å². The van der Waals surface area contributed by atoms with Crippen molar-refractivity contribution in [3.8, 4) is 0 Å². The summed E-state index contributed by atoms with van der Waals surface area (Å²) >= 11 is 3.44. The summed E-state index contributed by atoms with van der Waals surface area (Å²) < 4.78 is 1.13. The molecule has 0 atom stereocenters. The van der Waals surface area contributed by atoms with Crippen LogP contribution in [0.3, 0.4) is 0 Å². The molecule has 0 N–H and O–H groups in total. The SMILES string of the molecule is CN(CC(C)(C)C)c1ccc(Br)cc1. The van der Waals surface area contributed by atoms with Crippen LogP contribution in [0.15, 0.2) is 28.7 Å². The Hall–Kier alpha value is -0.500. The Morgan fingerprint density at radius 3 is 2.07 bits per heavy atom. The third-order valence-corrected chi connectivity index (χ3v) is 2.51. The van der Waals surface area contributed by atoms with E-state index in [2.05, 4.69) is 72.9 Å². The number of hydrogen-bond donors (Lipinski definition) is 0. The van der Waals surface area contributed by atoms with Crippen LogP contribution in [0.1, 0.15) is 20.8 Å². The first-order valence-electron chi connectivity index (χ1n) is 4.85. The number of hydrogen-bond acceptors (Lipinski definition) is 1. The number of nitrogens with zero attached hydrogens (tertiary/aromatic N) is 1. The lowest BCUT2D eigenvalue weighted by Gasteiger charge is -2.28. The molecule has 2 heteroatoms. The normalized spacial score (nSPS) is 11.5. The standard InChI is InChI=1S/C12H18BrN/c1-12(2,3)9-14(4)11-7-5-10(13)6-8-11/h5-8H,9H2,1-4H3. The highest BCUT2D eigenvalue weighted by atomic mass is 79.9. The average Bonchev–Trinajstić information content (AvgIpc) is 2.02. The van der Waals surface area contributed by atoms with Crippen molar-refractivity contribution in [2.24, 2.45) is 5.41 Å². The van der Waals surface area contributed by atoms with Gasteiger partial charge in [0.25, 0.3) is 0 Å². The zero-order valence-electron chi connectivity index (χ0n) is 9.34. The molecule has 0 aliphatic heterocycles. The van der Waals surface area contributed by atoms with Gasteiger partial charge < -0.3 is 4.90 Å². The van der Waals surface area contributed by atoms with Gasteiger partial charge in [-0.25, -0.2) is 0 Å². The van der Waals surface area contributed by atoms with E-state index in [1.807, 2.05) is 0 Å². The van der Waals surface area contributed by atoms with Crippen molar-refractivity contribution >= 4 is 21.6 Å². The van der Waals surface area contributed by atoms with Crippen molar-refractivity contribution in [3.05, 3.63) is 28.7 Å². The predicted octanol–water partition coefficient (Wildman–Crippen LogP) is 3.93. The Morgan fingerprint density at radius 1 is 1.14 bits per heavy atom. The molecule has 78 valence electrons. The number of benzene rings is 1. The molecule has 0 spiro atoms. The van der Waals surface area contributed by atoms with Gasteiger partial charge in [-0.05, 0) is 29.7 Å². The minimum absolute atomic E-state index is 0.335. The van der Waals surface area contributed by atoms with Crippen molar-refractivity contribution in [1.82, 2.24) is 0 Å². The Morgan fingerprint density at radius 2 is 1.64 bits per heavy atom. The van der Waals surface area contributed by atoms with Gasteiger partial charge in [-0.2, -0.15) is 0 Å². The van der Waals surface area contributed by atoms with Crippen LogP contribution in [0.5, 0.6) is 0 Å². The summed E-state index contributed by atoms with van der Waals surface area (Å²) in [6, 6.07) is 8.43. The van der Waals surface area contributed by atoms with Crippen molar-refractivity contribution < 1.29 is 0 Å². The monoisotopic (exact) mass is 255 g/mol. The maximum absolute atomic E-state index is 3.44. The Labute approximate surface area is 95.2 Å². The van der Waals surface area contributed by atoms with Crippen molar-refractivity contribution in [2.75, 3.05) is 18.5 Å². The smallest absolute Gasteiger partial charge is 0.0364 e. The molecule has 14 heavy (non-hydrogen) atoms. The van der Waals surface area contributed by atoms with Gasteiger partial charge in [0.05, 0.1) is 0 Å². The molecule has 1 aromatic carbocycles. The first-order valence-corrected chi connectivity index (χ1v) is 5.64. The molecule has 0 bridgehead atoms. The van der Waals surface area contributed by atoms with E-state index in [1.54, 1.807) is 0 Å². The minimum Gasteiger partial charge on any atom is -0.374 e. The van der Waals surface area contributed by atoms with Gasteiger partial charge in [-0.1, -0.05) is 36.7 Å². The molecule has 0 aliphatic carbocycles. The second-order valence-corrected chi connectivity index (χ2v) is 5.81. The fraction of sp³-hybridized carbons (Fsp3) is 0.500. The topological polar surface area (TPSA) is 3.24 Å². The first kappa shape index (κ1) is 11.6. The minimum atomic E-state index is 0.335. The molecule has 0 unspecified atom stereocenters. The zero-order chi connectivity index (χ0) is 10.8. The molecule has 1 rings (SSSR count). The van der Waals surface area contributed by atoms with Crippen LogP contribution in [0, 0.1) is 5.41 Å². The van der Waals surface area contributed by atoms with Crippen molar-refractivity contribution in [3.63, 3.8) is 0 Å². The second kappa shape index (κ2) is 4.35. The molecule has 1 nitrogen and oxygen atoms in total. The van der Waals surface area contributed by atoms with Gasteiger partial charge in [-0.3, -0.25) is 0 Å². The number of anilines is 1. The van der Waals surface area contributed by atoms with E-state index in [-0.39, 0.29) is 0 Å². The fourth-order valence-corrected chi connectivity index (χ4v) is 1.76. The summed E-state index contributed by atoms with van der Waals surface area (Å²) in [6.07, 6.45) is 0. The van der Waals surface area contributed by atoms with E-state index in [0.29, 0.717) is 5.41 Å². The highest BCUT2D eigenvalue weighted by Crippen LogP contribution is 2.21. The summed E-state index contributed by atoms with van der Waals surface area (Å²) in [4.78, 5) is 2.28. The molecule has 0 heterocycles. The van der Waals surface area contributed by atoms with Crippen LogP contribution < -0.4 is 4.90 Å². The predicted molar refractivity (Wildman–Crippen MR) is 66.9 cm³/mol. The van der Waals surface area contributed by atoms with E-state index in [4.69, 9.17) is 0 Å². The Balaban J connectivity index is 2.70. The third-order valence-electron chi connectivity index (χ3n) is 1.98. The molecule has 1 aromatic rings. The van der Waals surface area contributed by atoms with E-state index >= 15 is 0 Å². The average molecular weight is 256 g/mol. The summed E-state index contributed by atoms with van der Waals surface area (Å²) in [7, 11) is 2.13. The molecular formula is C12H18BrN. The molecule has 0 aliphatic rings. The molecule has 0 saturated heterocycles. The van der Waals surface area contributed by atoms with Crippen LogP contribution in [0.2, 0.25) is 0 Å². The highest BCUT2D eigenvalue weighted by Gasteiger charge is 2.13. The molecule has 0 fully saturated rings. The van der Waals surface area contributed by atoms with E-state index in [1.165, 1.54) is 5.69 Å².